The molecule has 112 valence electrons. The number of rotatable bonds is 6. The third kappa shape index (κ3) is 3.20. The first kappa shape index (κ1) is 15.4. The summed E-state index contributed by atoms with van der Waals surface area (Å²) in [5.41, 5.74) is 5.31. The van der Waals surface area contributed by atoms with Gasteiger partial charge in [-0.3, -0.25) is 4.79 Å². The molecule has 1 aliphatic rings. The molecule has 1 aliphatic carbocycles. The van der Waals surface area contributed by atoms with E-state index in [2.05, 4.69) is 4.72 Å². The smallest absolute Gasteiger partial charge is 0.250 e. The number of aliphatic hydroxyl groups excluding tert-OH is 1. The molecule has 0 saturated heterocycles. The van der Waals surface area contributed by atoms with Crippen LogP contribution in [0.15, 0.2) is 15.7 Å². The summed E-state index contributed by atoms with van der Waals surface area (Å²) >= 11 is 0.974. The number of carbonyl (C=O) groups excluding carboxylic acids is 1. The van der Waals surface area contributed by atoms with Crippen molar-refractivity contribution < 1.29 is 18.3 Å². The molecule has 0 radical (unpaired) electrons. The van der Waals surface area contributed by atoms with Crippen molar-refractivity contribution >= 4 is 27.3 Å². The highest BCUT2D eigenvalue weighted by Gasteiger charge is 2.35. The number of sulfonamides is 1. The molecular weight excluding hydrogens is 300 g/mol. The summed E-state index contributed by atoms with van der Waals surface area (Å²) in [7, 11) is -3.64. The molecule has 1 saturated carbocycles. The second-order valence-corrected chi connectivity index (χ2v) is 7.89. The Bertz CT molecular complexity index is 590. The SMILES string of the molecule is CC[C@H](NS(=O)(=O)c1cc(C(N)=O)cs1)C1CC(O)C1. The van der Waals surface area contributed by atoms with Crippen LogP contribution in [0, 0.1) is 5.92 Å². The molecule has 1 aromatic heterocycles. The molecule has 2 rings (SSSR count). The number of primary amides is 1. The first-order chi connectivity index (χ1) is 9.33. The number of carbonyl (C=O) groups is 1. The summed E-state index contributed by atoms with van der Waals surface area (Å²) in [6.45, 7) is 1.90. The monoisotopic (exact) mass is 318 g/mol. The summed E-state index contributed by atoms with van der Waals surface area (Å²) in [6.07, 6.45) is 1.59. The van der Waals surface area contributed by atoms with Gasteiger partial charge in [-0.15, -0.1) is 11.3 Å². The summed E-state index contributed by atoms with van der Waals surface area (Å²) < 4.78 is 27.2. The van der Waals surface area contributed by atoms with Gasteiger partial charge in [-0.25, -0.2) is 13.1 Å². The Hall–Kier alpha value is -0.960. The Balaban J connectivity index is 2.10. The van der Waals surface area contributed by atoms with E-state index in [1.165, 1.54) is 11.4 Å². The van der Waals surface area contributed by atoms with Gasteiger partial charge in [0.15, 0.2) is 0 Å². The van der Waals surface area contributed by atoms with Crippen LogP contribution in [0.25, 0.3) is 0 Å². The third-order valence-electron chi connectivity index (χ3n) is 3.59. The quantitative estimate of drug-likeness (QED) is 0.716. The number of nitrogens with two attached hydrogens (primary N) is 1. The van der Waals surface area contributed by atoms with Gasteiger partial charge in [0, 0.05) is 11.4 Å². The van der Waals surface area contributed by atoms with E-state index >= 15 is 0 Å². The Morgan fingerprint density at radius 1 is 1.60 bits per heavy atom. The van der Waals surface area contributed by atoms with Gasteiger partial charge in [-0.1, -0.05) is 6.92 Å². The lowest BCUT2D eigenvalue weighted by Crippen LogP contribution is -2.46. The lowest BCUT2D eigenvalue weighted by atomic mass is 9.77. The molecule has 0 aliphatic heterocycles. The molecule has 1 heterocycles. The number of aliphatic hydroxyl groups is 1. The Kier molecular flexibility index (Phi) is 4.48. The standard InChI is InChI=1S/C12H18N2O4S2/c1-2-10(7-3-9(15)4-7)14-20(17,18)11-5-8(6-19-11)12(13)16/h5-7,9-10,14-15H,2-4H2,1H3,(H2,13,16)/t7?,9?,10-/m0/s1. The maximum atomic E-state index is 12.2. The van der Waals surface area contributed by atoms with E-state index in [-0.39, 0.29) is 27.8 Å². The van der Waals surface area contributed by atoms with E-state index < -0.39 is 15.9 Å². The second-order valence-electron chi connectivity index (χ2n) is 5.04. The molecule has 8 heteroatoms. The molecule has 1 fully saturated rings. The number of amides is 1. The van der Waals surface area contributed by atoms with E-state index in [0.717, 1.165) is 11.3 Å². The zero-order chi connectivity index (χ0) is 14.9. The van der Waals surface area contributed by atoms with E-state index in [4.69, 9.17) is 5.73 Å². The van der Waals surface area contributed by atoms with Crippen LogP contribution in [0.1, 0.15) is 36.5 Å². The van der Waals surface area contributed by atoms with Crippen molar-refractivity contribution in [3.05, 3.63) is 17.0 Å². The number of thiophene rings is 1. The van der Waals surface area contributed by atoms with Gasteiger partial charge >= 0.3 is 0 Å². The van der Waals surface area contributed by atoms with Crippen LogP contribution in [0.2, 0.25) is 0 Å². The molecule has 0 spiro atoms. The first-order valence-corrected chi connectivity index (χ1v) is 8.78. The van der Waals surface area contributed by atoms with Crippen molar-refractivity contribution in [2.45, 2.75) is 42.5 Å². The van der Waals surface area contributed by atoms with Crippen molar-refractivity contribution in [2.24, 2.45) is 11.7 Å². The van der Waals surface area contributed by atoms with Crippen molar-refractivity contribution in [3.63, 3.8) is 0 Å². The van der Waals surface area contributed by atoms with Gasteiger partial charge in [0.1, 0.15) is 4.21 Å². The van der Waals surface area contributed by atoms with Crippen molar-refractivity contribution in [2.75, 3.05) is 0 Å². The molecule has 4 N–H and O–H groups in total. The van der Waals surface area contributed by atoms with Crippen molar-refractivity contribution in [3.8, 4) is 0 Å². The van der Waals surface area contributed by atoms with Crippen LogP contribution in [0.4, 0.5) is 0 Å². The van der Waals surface area contributed by atoms with Gasteiger partial charge in [-0.2, -0.15) is 0 Å². The molecule has 1 aromatic rings. The summed E-state index contributed by atoms with van der Waals surface area (Å²) in [4.78, 5) is 11.0. The van der Waals surface area contributed by atoms with Crippen LogP contribution in [-0.2, 0) is 10.0 Å². The zero-order valence-electron chi connectivity index (χ0n) is 11.1. The predicted molar refractivity (Wildman–Crippen MR) is 76.0 cm³/mol. The van der Waals surface area contributed by atoms with E-state index in [1.807, 2.05) is 6.92 Å². The van der Waals surface area contributed by atoms with Gasteiger partial charge in [0.25, 0.3) is 0 Å². The first-order valence-electron chi connectivity index (χ1n) is 6.42. The van der Waals surface area contributed by atoms with Gasteiger partial charge in [0.05, 0.1) is 11.7 Å². The maximum Gasteiger partial charge on any atom is 0.250 e. The summed E-state index contributed by atoms with van der Waals surface area (Å²) in [5, 5.41) is 10.8. The van der Waals surface area contributed by atoms with Gasteiger partial charge in [0.2, 0.25) is 15.9 Å². The zero-order valence-corrected chi connectivity index (χ0v) is 12.7. The van der Waals surface area contributed by atoms with Crippen LogP contribution in [-0.4, -0.2) is 31.6 Å². The normalized spacial score (nSPS) is 24.1. The Labute approximate surface area is 122 Å². The third-order valence-corrected chi connectivity index (χ3v) is 6.52. The molecule has 1 atom stereocenters. The molecule has 0 aromatic carbocycles. The highest BCUT2D eigenvalue weighted by molar-refractivity contribution is 7.91. The molecule has 20 heavy (non-hydrogen) atoms. The summed E-state index contributed by atoms with van der Waals surface area (Å²) in [6, 6.07) is 1.10. The predicted octanol–water partition coefficient (Wildman–Crippen LogP) is 0.675. The van der Waals surface area contributed by atoms with Crippen LogP contribution in [0.3, 0.4) is 0 Å². The fourth-order valence-corrected chi connectivity index (χ4v) is 4.89. The average molecular weight is 318 g/mol. The Morgan fingerprint density at radius 3 is 2.70 bits per heavy atom. The molecule has 0 unspecified atom stereocenters. The molecular formula is C12H18N2O4S2. The van der Waals surface area contributed by atoms with Crippen molar-refractivity contribution in [1.29, 1.82) is 0 Å². The lowest BCUT2D eigenvalue weighted by molar-refractivity contribution is 0.0277. The Morgan fingerprint density at radius 2 is 2.25 bits per heavy atom. The fraction of sp³-hybridized carbons (Fsp3) is 0.583. The van der Waals surface area contributed by atoms with Crippen LogP contribution < -0.4 is 10.5 Å². The number of hydrogen-bond donors (Lipinski definition) is 3. The molecule has 0 bridgehead atoms. The number of nitrogens with one attached hydrogen (secondary N) is 1. The minimum atomic E-state index is -3.64. The minimum absolute atomic E-state index is 0.0876. The van der Waals surface area contributed by atoms with Gasteiger partial charge < -0.3 is 10.8 Å². The minimum Gasteiger partial charge on any atom is -0.393 e. The summed E-state index contributed by atoms with van der Waals surface area (Å²) in [5.74, 6) is -0.475. The van der Waals surface area contributed by atoms with E-state index in [9.17, 15) is 18.3 Å². The molecule has 1 amide bonds. The van der Waals surface area contributed by atoms with Crippen LogP contribution >= 0.6 is 11.3 Å². The topological polar surface area (TPSA) is 109 Å². The maximum absolute atomic E-state index is 12.2. The van der Waals surface area contributed by atoms with Gasteiger partial charge in [-0.05, 0) is 31.2 Å². The van der Waals surface area contributed by atoms with Crippen LogP contribution in [0.5, 0.6) is 0 Å². The average Bonchev–Trinajstić information content (AvgIpc) is 2.83. The highest BCUT2D eigenvalue weighted by Crippen LogP contribution is 2.32. The number of hydrogen-bond acceptors (Lipinski definition) is 5. The lowest BCUT2D eigenvalue weighted by Gasteiger charge is -2.37. The highest BCUT2D eigenvalue weighted by atomic mass is 32.2. The fourth-order valence-electron chi connectivity index (χ4n) is 2.32. The van der Waals surface area contributed by atoms with Crippen molar-refractivity contribution in [1.82, 2.24) is 4.72 Å². The largest absolute Gasteiger partial charge is 0.393 e. The molecule has 6 nitrogen and oxygen atoms in total. The van der Waals surface area contributed by atoms with E-state index in [0.29, 0.717) is 19.3 Å². The van der Waals surface area contributed by atoms with E-state index in [1.54, 1.807) is 0 Å². The second kappa shape index (κ2) is 5.80.